The van der Waals surface area contributed by atoms with Crippen molar-refractivity contribution in [1.29, 1.82) is 0 Å². The van der Waals surface area contributed by atoms with Crippen molar-refractivity contribution in [3.63, 3.8) is 0 Å². The summed E-state index contributed by atoms with van der Waals surface area (Å²) >= 11 is 0. The second kappa shape index (κ2) is 18.9. The summed E-state index contributed by atoms with van der Waals surface area (Å²) in [4.78, 5) is 26.8. The summed E-state index contributed by atoms with van der Waals surface area (Å²) in [6, 6.07) is 0. The first-order valence-electron chi connectivity index (χ1n) is 25.0. The number of rotatable bonds is 11. The number of carbonyl (C=O) groups is 2. The molecule has 8 aliphatic rings. The standard InChI is InChI=1S/C50H80O18/c1-24(54)62-38-37(66-42-35(58)33(56)28(22-52)64-42)39(41(60)61-9)67-44(40(38)68-43-36(59)34(57)32(55)27(21-51)63-43)65-31-13-14-47(6)29(46(31,4)5)12-15-49(8)30(47)11-10-25-26-20-45(2,3)16-18-50(26,23-53)19-17-48(25,49)7/h10,26-40,42-44,51-53,55-59H,11-23H2,1-9H3/t26-,27+,28+,29-,30+,31-,32-,33+,34-,35-,36+,37-,38-,39-,40+,42-,43-,44+,47-,48+,49+,50+/m0/s1. The van der Waals surface area contributed by atoms with Gasteiger partial charge in [0.2, 0.25) is 0 Å². The van der Waals surface area contributed by atoms with Crippen molar-refractivity contribution < 1.29 is 88.3 Å². The molecule has 18 nitrogen and oxygen atoms in total. The van der Waals surface area contributed by atoms with E-state index in [4.69, 9.17) is 37.9 Å². The van der Waals surface area contributed by atoms with Crippen LogP contribution < -0.4 is 0 Å². The quantitative estimate of drug-likeness (QED) is 0.0836. The number of aliphatic hydroxyl groups excluding tert-OH is 8. The van der Waals surface area contributed by atoms with Crippen molar-refractivity contribution >= 4 is 11.9 Å². The summed E-state index contributed by atoms with van der Waals surface area (Å²) in [5.41, 5.74) is 0.999. The lowest BCUT2D eigenvalue weighted by molar-refractivity contribution is -0.383. The molecule has 8 rings (SSSR count). The van der Waals surface area contributed by atoms with Gasteiger partial charge in [0.05, 0.1) is 26.4 Å². The summed E-state index contributed by atoms with van der Waals surface area (Å²) in [5, 5.41) is 85.0. The molecule has 0 amide bonds. The highest BCUT2D eigenvalue weighted by Gasteiger charge is 2.69. The van der Waals surface area contributed by atoms with Gasteiger partial charge in [0.1, 0.15) is 48.8 Å². The van der Waals surface area contributed by atoms with Crippen LogP contribution in [0.3, 0.4) is 0 Å². The predicted molar refractivity (Wildman–Crippen MR) is 239 cm³/mol. The molecule has 22 atom stereocenters. The van der Waals surface area contributed by atoms with Gasteiger partial charge < -0.3 is 78.7 Å². The molecule has 388 valence electrons. The maximum Gasteiger partial charge on any atom is 0.338 e. The molecule has 7 fully saturated rings. The smallest absolute Gasteiger partial charge is 0.338 e. The molecule has 0 spiro atoms. The Bertz CT molecular complexity index is 1880. The third-order valence-corrected chi connectivity index (χ3v) is 19.5. The monoisotopic (exact) mass is 969 g/mol. The van der Waals surface area contributed by atoms with Crippen LogP contribution in [0.4, 0.5) is 0 Å². The van der Waals surface area contributed by atoms with E-state index in [-0.39, 0.29) is 39.6 Å². The van der Waals surface area contributed by atoms with Crippen molar-refractivity contribution in [2.75, 3.05) is 26.9 Å². The van der Waals surface area contributed by atoms with Gasteiger partial charge in [0.25, 0.3) is 0 Å². The molecule has 0 aromatic rings. The largest absolute Gasteiger partial charge is 0.467 e. The lowest BCUT2D eigenvalue weighted by Crippen LogP contribution is -2.68. The normalized spacial score (nSPS) is 50.7. The van der Waals surface area contributed by atoms with Gasteiger partial charge in [0, 0.05) is 18.9 Å². The van der Waals surface area contributed by atoms with Crippen molar-refractivity contribution in [2.45, 2.75) is 212 Å². The SMILES string of the molecule is COC(=O)[C@H]1O[C@@H](O[C@H]2CC[C@]3(C)[C@H]4CC=C5[C@@H]6CC(C)(C)CC[C@]6(CO)CC[C@@]5(C)[C@]4(C)CC[C@H]3C2(C)C)[C@H](O[C@@H]2O[C@H](CO)[C@H](O)[C@H](O)[C@H]2O)[C@@H](OC(C)=O)[C@@H]1O[C@@H]1O[C@H](CO)[C@@H](O)[C@@H]1O. The van der Waals surface area contributed by atoms with Crippen molar-refractivity contribution in [1.82, 2.24) is 0 Å². The molecule has 4 saturated carbocycles. The number of fused-ring (bicyclic) bond motifs is 7. The highest BCUT2D eigenvalue weighted by Crippen LogP contribution is 2.76. The first-order chi connectivity index (χ1) is 31.9. The molecule has 18 heteroatoms. The number of esters is 2. The maximum atomic E-state index is 13.8. The number of allylic oxidation sites excluding steroid dienone is 2. The molecule has 0 bridgehead atoms. The van der Waals surface area contributed by atoms with E-state index in [1.54, 1.807) is 5.57 Å². The molecule has 3 saturated heterocycles. The van der Waals surface area contributed by atoms with Gasteiger partial charge in [-0.05, 0) is 109 Å². The zero-order valence-electron chi connectivity index (χ0n) is 41.3. The molecule has 3 heterocycles. The molecule has 5 aliphatic carbocycles. The van der Waals surface area contributed by atoms with Crippen molar-refractivity contribution in [3.05, 3.63) is 11.6 Å². The van der Waals surface area contributed by atoms with Crippen molar-refractivity contribution in [3.8, 4) is 0 Å². The minimum Gasteiger partial charge on any atom is -0.467 e. The summed E-state index contributed by atoms with van der Waals surface area (Å²) in [6.07, 6.45) is -11.8. The van der Waals surface area contributed by atoms with Crippen LogP contribution in [0.1, 0.15) is 120 Å². The zero-order chi connectivity index (χ0) is 49.7. The van der Waals surface area contributed by atoms with Crippen LogP contribution in [-0.2, 0) is 47.5 Å². The Kier molecular flexibility index (Phi) is 14.6. The fourth-order valence-corrected chi connectivity index (χ4v) is 15.3. The van der Waals surface area contributed by atoms with Gasteiger partial charge in [0.15, 0.2) is 37.2 Å². The van der Waals surface area contributed by atoms with E-state index in [0.717, 1.165) is 71.8 Å². The van der Waals surface area contributed by atoms with E-state index >= 15 is 0 Å². The first kappa shape index (κ1) is 52.4. The van der Waals surface area contributed by atoms with Gasteiger partial charge >= 0.3 is 11.9 Å². The third-order valence-electron chi connectivity index (χ3n) is 19.5. The Morgan fingerprint density at radius 1 is 0.676 bits per heavy atom. The van der Waals surface area contributed by atoms with Crippen LogP contribution in [0.2, 0.25) is 0 Å². The minimum absolute atomic E-state index is 0.00399. The first-order valence-corrected chi connectivity index (χ1v) is 25.0. The Labute approximate surface area is 399 Å². The summed E-state index contributed by atoms with van der Waals surface area (Å²) < 4.78 is 48.4. The van der Waals surface area contributed by atoms with Crippen LogP contribution >= 0.6 is 0 Å². The topological polar surface area (TPSA) is 270 Å². The average molecular weight is 969 g/mol. The lowest BCUT2D eigenvalue weighted by atomic mass is 9.33. The van der Waals surface area contributed by atoms with E-state index in [1.807, 2.05) is 0 Å². The molecular formula is C50H80O18. The van der Waals surface area contributed by atoms with Gasteiger partial charge in [-0.25, -0.2) is 4.79 Å². The van der Waals surface area contributed by atoms with Crippen LogP contribution in [0.15, 0.2) is 11.6 Å². The van der Waals surface area contributed by atoms with E-state index in [0.29, 0.717) is 18.3 Å². The summed E-state index contributed by atoms with van der Waals surface area (Å²) in [7, 11) is 1.11. The zero-order valence-corrected chi connectivity index (χ0v) is 41.3. The minimum atomic E-state index is -1.91. The van der Waals surface area contributed by atoms with Gasteiger partial charge in [-0.1, -0.05) is 60.1 Å². The van der Waals surface area contributed by atoms with Crippen LogP contribution in [0, 0.1) is 50.2 Å². The molecule has 8 N–H and O–H groups in total. The second-order valence-corrected chi connectivity index (χ2v) is 23.8. The predicted octanol–water partition coefficient (Wildman–Crippen LogP) is 2.00. The fourth-order valence-electron chi connectivity index (χ4n) is 15.3. The van der Waals surface area contributed by atoms with E-state index in [2.05, 4.69) is 54.5 Å². The number of aliphatic hydroxyl groups is 8. The van der Waals surface area contributed by atoms with E-state index < -0.39 is 123 Å². The Morgan fingerprint density at radius 3 is 1.88 bits per heavy atom. The summed E-state index contributed by atoms with van der Waals surface area (Å²) in [5.74, 6) is -1.02. The van der Waals surface area contributed by atoms with Crippen LogP contribution in [0.25, 0.3) is 0 Å². The Balaban J connectivity index is 1.12. The Morgan fingerprint density at radius 2 is 1.28 bits per heavy atom. The van der Waals surface area contributed by atoms with Crippen LogP contribution in [0.5, 0.6) is 0 Å². The lowest BCUT2D eigenvalue weighted by Gasteiger charge is -2.71. The van der Waals surface area contributed by atoms with Gasteiger partial charge in [-0.3, -0.25) is 4.79 Å². The molecule has 0 radical (unpaired) electrons. The van der Waals surface area contributed by atoms with E-state index in [1.165, 1.54) is 0 Å². The highest BCUT2D eigenvalue weighted by atomic mass is 16.8. The molecule has 68 heavy (non-hydrogen) atoms. The molecule has 0 aromatic heterocycles. The fraction of sp³-hybridized carbons (Fsp3) is 0.920. The molecule has 0 aromatic carbocycles. The van der Waals surface area contributed by atoms with Gasteiger partial charge in [-0.2, -0.15) is 0 Å². The maximum absolute atomic E-state index is 13.8. The average Bonchev–Trinajstić information content (AvgIpc) is 3.56. The van der Waals surface area contributed by atoms with Gasteiger partial charge in [-0.15, -0.1) is 0 Å². The molecule has 0 unspecified atom stereocenters. The Hall–Kier alpha value is -1.88. The highest BCUT2D eigenvalue weighted by molar-refractivity contribution is 5.76. The van der Waals surface area contributed by atoms with E-state index in [9.17, 15) is 50.4 Å². The van der Waals surface area contributed by atoms with Crippen LogP contribution in [-0.4, -0.2) is 172 Å². The van der Waals surface area contributed by atoms with Crippen molar-refractivity contribution in [2.24, 2.45) is 50.2 Å². The number of ether oxygens (including phenoxy) is 8. The number of hydrogen-bond acceptors (Lipinski definition) is 18. The number of methoxy groups -OCH3 is 1. The number of carbonyl (C=O) groups excluding carboxylic acids is 2. The summed E-state index contributed by atoms with van der Waals surface area (Å²) in [6.45, 7) is 16.5. The molecule has 3 aliphatic heterocycles. The molecular weight excluding hydrogens is 889 g/mol. The third kappa shape index (κ3) is 8.43. The number of hydrogen-bond donors (Lipinski definition) is 8. The second-order valence-electron chi connectivity index (χ2n) is 23.8.